The Labute approximate surface area is 116 Å². The summed E-state index contributed by atoms with van der Waals surface area (Å²) in [5.41, 5.74) is 1.86. The average Bonchev–Trinajstić information content (AvgIpc) is 2.86. The number of allylic oxidation sites excluding steroid dienone is 1. The predicted octanol–water partition coefficient (Wildman–Crippen LogP) is 2.48. The van der Waals surface area contributed by atoms with Crippen molar-refractivity contribution in [3.8, 4) is 0 Å². The number of ether oxygens (including phenoxy) is 1. The van der Waals surface area contributed by atoms with E-state index in [1.165, 1.54) is 0 Å². The van der Waals surface area contributed by atoms with E-state index in [1.54, 1.807) is 31.2 Å². The van der Waals surface area contributed by atoms with Crippen LogP contribution in [0, 0.1) is 0 Å². The van der Waals surface area contributed by atoms with Crippen molar-refractivity contribution in [3.63, 3.8) is 0 Å². The van der Waals surface area contributed by atoms with E-state index in [2.05, 4.69) is 0 Å². The normalized spacial score (nSPS) is 22.1. The van der Waals surface area contributed by atoms with Gasteiger partial charge in [-0.15, -0.1) is 0 Å². The number of Topliss-reactive ketones (excluding diaryl/α,β-unsaturated/α-hetero) is 2. The lowest BCUT2D eigenvalue weighted by Gasteiger charge is -2.20. The smallest absolute Gasteiger partial charge is 0.306 e. The fourth-order valence-corrected chi connectivity index (χ4v) is 2.75. The summed E-state index contributed by atoms with van der Waals surface area (Å²) in [6.45, 7) is 1.67. The molecule has 1 aromatic carbocycles. The third kappa shape index (κ3) is 1.97. The van der Waals surface area contributed by atoms with Crippen LogP contribution in [0.4, 0.5) is 0 Å². The number of carbonyl (C=O) groups is 3. The van der Waals surface area contributed by atoms with Gasteiger partial charge in [0, 0.05) is 35.1 Å². The van der Waals surface area contributed by atoms with Gasteiger partial charge in [-0.1, -0.05) is 24.3 Å². The van der Waals surface area contributed by atoms with Crippen LogP contribution >= 0.6 is 0 Å². The van der Waals surface area contributed by atoms with Gasteiger partial charge in [0.1, 0.15) is 6.10 Å². The van der Waals surface area contributed by atoms with Crippen LogP contribution in [0.25, 0.3) is 0 Å². The highest BCUT2D eigenvalue weighted by Gasteiger charge is 2.33. The summed E-state index contributed by atoms with van der Waals surface area (Å²) in [6, 6.07) is 6.84. The molecule has 2 aliphatic rings. The molecular formula is C16H14O4. The van der Waals surface area contributed by atoms with Crippen molar-refractivity contribution in [1.82, 2.24) is 0 Å². The topological polar surface area (TPSA) is 60.4 Å². The molecule has 20 heavy (non-hydrogen) atoms. The molecule has 0 aromatic heterocycles. The average molecular weight is 270 g/mol. The molecule has 1 heterocycles. The first-order valence-corrected chi connectivity index (χ1v) is 6.65. The first-order chi connectivity index (χ1) is 9.58. The van der Waals surface area contributed by atoms with Gasteiger partial charge in [0.2, 0.25) is 0 Å². The van der Waals surface area contributed by atoms with Crippen LogP contribution in [0.1, 0.15) is 46.9 Å². The molecule has 1 aliphatic heterocycles. The van der Waals surface area contributed by atoms with Gasteiger partial charge in [0.25, 0.3) is 0 Å². The van der Waals surface area contributed by atoms with Gasteiger partial charge in [0.15, 0.2) is 11.6 Å². The molecule has 3 rings (SSSR count). The zero-order chi connectivity index (χ0) is 14.3. The fraction of sp³-hybridized carbons (Fsp3) is 0.312. The fourth-order valence-electron chi connectivity index (χ4n) is 2.75. The van der Waals surface area contributed by atoms with Gasteiger partial charge in [0.05, 0.1) is 0 Å². The zero-order valence-electron chi connectivity index (χ0n) is 11.1. The summed E-state index contributed by atoms with van der Waals surface area (Å²) in [5, 5.41) is 0. The molecule has 0 saturated carbocycles. The van der Waals surface area contributed by atoms with Crippen molar-refractivity contribution in [2.45, 2.75) is 32.3 Å². The first-order valence-electron chi connectivity index (χ1n) is 6.65. The molecule has 4 nitrogen and oxygen atoms in total. The second kappa shape index (κ2) is 4.71. The largest absolute Gasteiger partial charge is 0.462 e. The van der Waals surface area contributed by atoms with Crippen molar-refractivity contribution in [2.75, 3.05) is 0 Å². The van der Waals surface area contributed by atoms with Gasteiger partial charge >= 0.3 is 5.97 Å². The number of esters is 1. The molecule has 1 aliphatic carbocycles. The number of hydrogen-bond donors (Lipinski definition) is 0. The number of carbonyl (C=O) groups excluding carboxylic acids is 3. The van der Waals surface area contributed by atoms with Crippen LogP contribution in [-0.4, -0.2) is 23.6 Å². The van der Waals surface area contributed by atoms with Gasteiger partial charge in [-0.3, -0.25) is 14.4 Å². The van der Waals surface area contributed by atoms with Crippen LogP contribution in [-0.2, 0) is 9.53 Å². The Morgan fingerprint density at radius 2 is 1.75 bits per heavy atom. The van der Waals surface area contributed by atoms with Crippen LogP contribution < -0.4 is 0 Å². The van der Waals surface area contributed by atoms with E-state index in [0.717, 1.165) is 0 Å². The van der Waals surface area contributed by atoms with Crippen molar-refractivity contribution in [1.29, 1.82) is 0 Å². The maximum absolute atomic E-state index is 12.5. The van der Waals surface area contributed by atoms with Crippen molar-refractivity contribution in [3.05, 3.63) is 46.5 Å². The SMILES string of the molecule is CC1=C(CC2CCC(=O)O2)C(=O)c2ccccc2C1=O. The summed E-state index contributed by atoms with van der Waals surface area (Å²) < 4.78 is 5.15. The number of ketones is 2. The minimum Gasteiger partial charge on any atom is -0.462 e. The summed E-state index contributed by atoms with van der Waals surface area (Å²) in [6.07, 6.45) is 1.04. The molecule has 1 aromatic rings. The number of cyclic esters (lactones) is 1. The monoisotopic (exact) mass is 270 g/mol. The number of fused-ring (bicyclic) bond motifs is 1. The second-order valence-corrected chi connectivity index (χ2v) is 5.16. The molecule has 1 fully saturated rings. The van der Waals surface area contributed by atoms with Crippen molar-refractivity contribution in [2.24, 2.45) is 0 Å². The van der Waals surface area contributed by atoms with E-state index in [0.29, 0.717) is 41.5 Å². The van der Waals surface area contributed by atoms with E-state index in [-0.39, 0.29) is 23.6 Å². The standard InChI is InChI=1S/C16H14O4/c1-9-13(8-10-6-7-14(17)20-10)16(19)12-5-3-2-4-11(12)15(9)18/h2-5,10H,6-8H2,1H3. The highest BCUT2D eigenvalue weighted by Crippen LogP contribution is 2.31. The van der Waals surface area contributed by atoms with E-state index >= 15 is 0 Å². The van der Waals surface area contributed by atoms with Gasteiger partial charge < -0.3 is 4.74 Å². The lowest BCUT2D eigenvalue weighted by Crippen LogP contribution is -2.23. The molecule has 0 bridgehead atoms. The highest BCUT2D eigenvalue weighted by molar-refractivity contribution is 6.26. The van der Waals surface area contributed by atoms with Crippen molar-refractivity contribution < 1.29 is 19.1 Å². The van der Waals surface area contributed by atoms with Crippen molar-refractivity contribution >= 4 is 17.5 Å². The maximum Gasteiger partial charge on any atom is 0.306 e. The molecule has 1 unspecified atom stereocenters. The van der Waals surface area contributed by atoms with Crippen LogP contribution in [0.2, 0.25) is 0 Å². The third-order valence-electron chi connectivity index (χ3n) is 3.88. The van der Waals surface area contributed by atoms with E-state index < -0.39 is 0 Å². The molecule has 0 N–H and O–H groups in total. The van der Waals surface area contributed by atoms with Crippen LogP contribution in [0.3, 0.4) is 0 Å². The predicted molar refractivity (Wildman–Crippen MR) is 71.5 cm³/mol. The molecule has 0 radical (unpaired) electrons. The van der Waals surface area contributed by atoms with Crippen LogP contribution in [0.15, 0.2) is 35.4 Å². The molecule has 1 atom stereocenters. The summed E-state index contributed by atoms with van der Waals surface area (Å²) in [7, 11) is 0. The maximum atomic E-state index is 12.5. The van der Waals surface area contributed by atoms with E-state index in [4.69, 9.17) is 4.74 Å². The first kappa shape index (κ1) is 12.8. The number of hydrogen-bond acceptors (Lipinski definition) is 4. The zero-order valence-corrected chi connectivity index (χ0v) is 11.1. The Balaban J connectivity index is 1.95. The van der Waals surface area contributed by atoms with E-state index in [9.17, 15) is 14.4 Å². The molecule has 0 amide bonds. The lowest BCUT2D eigenvalue weighted by molar-refractivity contribution is -0.141. The summed E-state index contributed by atoms with van der Waals surface area (Å²) in [5.74, 6) is -0.469. The summed E-state index contributed by atoms with van der Waals surface area (Å²) in [4.78, 5) is 35.9. The Kier molecular flexibility index (Phi) is 3.01. The summed E-state index contributed by atoms with van der Waals surface area (Å²) >= 11 is 0. The Morgan fingerprint density at radius 1 is 1.10 bits per heavy atom. The lowest BCUT2D eigenvalue weighted by atomic mass is 9.82. The minimum absolute atomic E-state index is 0.112. The molecule has 102 valence electrons. The van der Waals surface area contributed by atoms with Gasteiger partial charge in [-0.05, 0) is 13.3 Å². The number of rotatable bonds is 2. The number of benzene rings is 1. The van der Waals surface area contributed by atoms with Gasteiger partial charge in [-0.25, -0.2) is 0 Å². The Morgan fingerprint density at radius 3 is 2.35 bits per heavy atom. The molecular weight excluding hydrogens is 256 g/mol. The third-order valence-corrected chi connectivity index (χ3v) is 3.88. The Bertz CT molecular complexity index is 654. The minimum atomic E-state index is -0.283. The van der Waals surface area contributed by atoms with Gasteiger partial charge in [-0.2, -0.15) is 0 Å². The van der Waals surface area contributed by atoms with Crippen LogP contribution in [0.5, 0.6) is 0 Å². The molecule has 4 heteroatoms. The quantitative estimate of drug-likeness (QED) is 0.774. The Hall–Kier alpha value is -2.23. The second-order valence-electron chi connectivity index (χ2n) is 5.16. The molecule has 1 saturated heterocycles. The van der Waals surface area contributed by atoms with E-state index in [1.807, 2.05) is 0 Å². The molecule has 0 spiro atoms. The highest BCUT2D eigenvalue weighted by atomic mass is 16.5.